The standard InChI is InChI=1S/C19H21FN2O3S/c1-14(23)15-6-5-7-17(12-15)26(24,25)21-19-13-16(8-9-18(19)20)22-10-3-2-4-11-22/h5-9,12-13,21H,2-4,10-11H2,1H3. The Labute approximate surface area is 152 Å². The zero-order chi connectivity index (χ0) is 18.7. The SMILES string of the molecule is CC(=O)c1cccc(S(=O)(=O)Nc2cc(N3CCCCC3)ccc2F)c1. The number of ketones is 1. The van der Waals surface area contributed by atoms with Gasteiger partial charge in [-0.25, -0.2) is 12.8 Å². The van der Waals surface area contributed by atoms with Crippen LogP contribution in [0.3, 0.4) is 0 Å². The van der Waals surface area contributed by atoms with Crippen LogP contribution < -0.4 is 9.62 Å². The quantitative estimate of drug-likeness (QED) is 0.806. The maximum atomic E-state index is 14.2. The molecule has 0 atom stereocenters. The summed E-state index contributed by atoms with van der Waals surface area (Å²) in [4.78, 5) is 13.5. The van der Waals surface area contributed by atoms with E-state index in [4.69, 9.17) is 0 Å². The van der Waals surface area contributed by atoms with Gasteiger partial charge in [-0.3, -0.25) is 9.52 Å². The highest BCUT2D eigenvalue weighted by Gasteiger charge is 2.19. The van der Waals surface area contributed by atoms with Crippen LogP contribution in [-0.4, -0.2) is 27.3 Å². The molecule has 0 radical (unpaired) electrons. The summed E-state index contributed by atoms with van der Waals surface area (Å²) in [6.45, 7) is 3.11. The topological polar surface area (TPSA) is 66.5 Å². The Balaban J connectivity index is 1.89. The lowest BCUT2D eigenvalue weighted by molar-refractivity contribution is 0.101. The number of carbonyl (C=O) groups excluding carboxylic acids is 1. The lowest BCUT2D eigenvalue weighted by atomic mass is 10.1. The molecule has 1 saturated heterocycles. The second-order valence-corrected chi connectivity index (χ2v) is 8.08. The molecule has 0 aromatic heterocycles. The average molecular weight is 376 g/mol. The normalized spacial score (nSPS) is 14.9. The number of hydrogen-bond acceptors (Lipinski definition) is 4. The molecule has 0 bridgehead atoms. The molecular weight excluding hydrogens is 355 g/mol. The molecule has 7 heteroatoms. The van der Waals surface area contributed by atoms with E-state index in [2.05, 4.69) is 9.62 Å². The monoisotopic (exact) mass is 376 g/mol. The van der Waals surface area contributed by atoms with E-state index in [1.54, 1.807) is 12.1 Å². The fourth-order valence-corrected chi connectivity index (χ4v) is 4.13. The van der Waals surface area contributed by atoms with Gasteiger partial charge in [0, 0.05) is 24.3 Å². The molecule has 0 spiro atoms. The molecule has 5 nitrogen and oxygen atoms in total. The Bertz CT molecular complexity index is 922. The second kappa shape index (κ2) is 7.45. The van der Waals surface area contributed by atoms with Crippen LogP contribution in [0, 0.1) is 5.82 Å². The third-order valence-electron chi connectivity index (χ3n) is 4.47. The van der Waals surface area contributed by atoms with Crippen LogP contribution in [0.4, 0.5) is 15.8 Å². The predicted molar refractivity (Wildman–Crippen MR) is 99.7 cm³/mol. The Morgan fingerprint density at radius 1 is 1.08 bits per heavy atom. The van der Waals surface area contributed by atoms with Crippen molar-refractivity contribution in [2.24, 2.45) is 0 Å². The Morgan fingerprint density at radius 2 is 1.81 bits per heavy atom. The number of hydrogen-bond donors (Lipinski definition) is 1. The number of nitrogens with one attached hydrogen (secondary N) is 1. The van der Waals surface area contributed by atoms with Crippen molar-refractivity contribution in [3.05, 3.63) is 53.8 Å². The van der Waals surface area contributed by atoms with Crippen LogP contribution in [0.1, 0.15) is 36.5 Å². The molecule has 138 valence electrons. The van der Waals surface area contributed by atoms with Crippen molar-refractivity contribution in [2.45, 2.75) is 31.1 Å². The van der Waals surface area contributed by atoms with Gasteiger partial charge < -0.3 is 4.90 Å². The third-order valence-corrected chi connectivity index (χ3v) is 5.83. The van der Waals surface area contributed by atoms with E-state index < -0.39 is 15.8 Å². The molecular formula is C19H21FN2O3S. The number of anilines is 2. The number of benzene rings is 2. The smallest absolute Gasteiger partial charge is 0.262 e. The lowest BCUT2D eigenvalue weighted by Crippen LogP contribution is -2.29. The Kier molecular flexibility index (Phi) is 5.27. The van der Waals surface area contributed by atoms with Gasteiger partial charge in [-0.15, -0.1) is 0 Å². The first-order valence-corrected chi connectivity index (χ1v) is 10.0. The van der Waals surface area contributed by atoms with Crippen molar-refractivity contribution in [3.8, 4) is 0 Å². The maximum Gasteiger partial charge on any atom is 0.262 e. The van der Waals surface area contributed by atoms with Gasteiger partial charge in [0.05, 0.1) is 10.6 Å². The highest BCUT2D eigenvalue weighted by molar-refractivity contribution is 7.92. The molecule has 2 aromatic carbocycles. The van der Waals surface area contributed by atoms with Gasteiger partial charge in [0.25, 0.3) is 10.0 Å². The minimum absolute atomic E-state index is 0.0759. The summed E-state index contributed by atoms with van der Waals surface area (Å²) in [5, 5.41) is 0. The number of sulfonamides is 1. The van der Waals surface area contributed by atoms with Crippen molar-refractivity contribution in [1.82, 2.24) is 0 Å². The highest BCUT2D eigenvalue weighted by Crippen LogP contribution is 2.27. The molecule has 1 heterocycles. The number of halogens is 1. The average Bonchev–Trinajstić information content (AvgIpc) is 2.64. The molecule has 0 amide bonds. The molecule has 1 aliphatic rings. The molecule has 1 aliphatic heterocycles. The van der Waals surface area contributed by atoms with E-state index in [0.717, 1.165) is 31.6 Å². The van der Waals surface area contributed by atoms with Crippen LogP contribution in [0.25, 0.3) is 0 Å². The number of carbonyl (C=O) groups is 1. The van der Waals surface area contributed by atoms with Crippen molar-refractivity contribution in [2.75, 3.05) is 22.7 Å². The van der Waals surface area contributed by atoms with Gasteiger partial charge in [0.1, 0.15) is 5.82 Å². The number of Topliss-reactive ketones (excluding diaryl/α,β-unsaturated/α-hetero) is 1. The van der Waals surface area contributed by atoms with Crippen molar-refractivity contribution >= 4 is 27.2 Å². The summed E-state index contributed by atoms with van der Waals surface area (Å²) in [6.07, 6.45) is 3.30. The van der Waals surface area contributed by atoms with Gasteiger partial charge in [-0.1, -0.05) is 12.1 Å². The van der Waals surface area contributed by atoms with Gasteiger partial charge in [-0.2, -0.15) is 0 Å². The summed E-state index contributed by atoms with van der Waals surface area (Å²) in [5.41, 5.74) is 0.984. The third kappa shape index (κ3) is 4.04. The molecule has 26 heavy (non-hydrogen) atoms. The Hall–Kier alpha value is -2.41. The van der Waals surface area contributed by atoms with Crippen LogP contribution in [0.15, 0.2) is 47.4 Å². The highest BCUT2D eigenvalue weighted by atomic mass is 32.2. The first kappa shape index (κ1) is 18.4. The number of nitrogens with zero attached hydrogens (tertiary/aromatic N) is 1. The fourth-order valence-electron chi connectivity index (χ4n) is 3.03. The summed E-state index contributed by atoms with van der Waals surface area (Å²) in [5.74, 6) is -0.877. The number of piperidine rings is 1. The van der Waals surface area contributed by atoms with E-state index >= 15 is 0 Å². The van der Waals surface area contributed by atoms with Crippen molar-refractivity contribution in [3.63, 3.8) is 0 Å². The molecule has 1 N–H and O–H groups in total. The van der Waals surface area contributed by atoms with Gasteiger partial charge >= 0.3 is 0 Å². The molecule has 3 rings (SSSR count). The summed E-state index contributed by atoms with van der Waals surface area (Å²) in [6, 6.07) is 10.2. The van der Waals surface area contributed by atoms with Gasteiger partial charge in [0.2, 0.25) is 0 Å². The van der Waals surface area contributed by atoms with Crippen LogP contribution >= 0.6 is 0 Å². The lowest BCUT2D eigenvalue weighted by Gasteiger charge is -2.29. The van der Waals surface area contributed by atoms with E-state index in [1.165, 1.54) is 43.7 Å². The molecule has 0 aliphatic carbocycles. The predicted octanol–water partition coefficient (Wildman–Crippen LogP) is 3.82. The number of rotatable bonds is 5. The first-order chi connectivity index (χ1) is 12.4. The first-order valence-electron chi connectivity index (χ1n) is 8.55. The van der Waals surface area contributed by atoms with Crippen molar-refractivity contribution in [1.29, 1.82) is 0 Å². The summed E-state index contributed by atoms with van der Waals surface area (Å²) < 4.78 is 41.7. The summed E-state index contributed by atoms with van der Waals surface area (Å²) >= 11 is 0. The van der Waals surface area contributed by atoms with Crippen LogP contribution in [0.5, 0.6) is 0 Å². The van der Waals surface area contributed by atoms with Gasteiger partial charge in [0.15, 0.2) is 5.78 Å². The fraction of sp³-hybridized carbons (Fsp3) is 0.316. The second-order valence-electron chi connectivity index (χ2n) is 6.40. The van der Waals surface area contributed by atoms with E-state index in [9.17, 15) is 17.6 Å². The van der Waals surface area contributed by atoms with Crippen molar-refractivity contribution < 1.29 is 17.6 Å². The molecule has 2 aromatic rings. The maximum absolute atomic E-state index is 14.2. The Morgan fingerprint density at radius 3 is 2.50 bits per heavy atom. The van der Waals surface area contributed by atoms with E-state index in [-0.39, 0.29) is 21.9 Å². The van der Waals surface area contributed by atoms with Crippen LogP contribution in [0.2, 0.25) is 0 Å². The minimum atomic E-state index is -4.00. The largest absolute Gasteiger partial charge is 0.371 e. The zero-order valence-electron chi connectivity index (χ0n) is 14.5. The minimum Gasteiger partial charge on any atom is -0.371 e. The van der Waals surface area contributed by atoms with E-state index in [1.807, 2.05) is 0 Å². The molecule has 0 saturated carbocycles. The van der Waals surface area contributed by atoms with Crippen LogP contribution in [-0.2, 0) is 10.0 Å². The molecule has 1 fully saturated rings. The zero-order valence-corrected chi connectivity index (χ0v) is 15.4. The van der Waals surface area contributed by atoms with Gasteiger partial charge in [-0.05, 0) is 56.5 Å². The molecule has 0 unspecified atom stereocenters. The van der Waals surface area contributed by atoms with E-state index in [0.29, 0.717) is 0 Å². The summed E-state index contributed by atoms with van der Waals surface area (Å²) in [7, 11) is -4.00.